The van der Waals surface area contributed by atoms with E-state index >= 15 is 0 Å². The minimum Gasteiger partial charge on any atom is -0.508 e. The minimum atomic E-state index is 0.347. The Labute approximate surface area is 85.6 Å². The first kappa shape index (κ1) is 10.7. The Bertz CT molecular complexity index is 332. The van der Waals surface area contributed by atoms with E-state index in [1.807, 2.05) is 51.0 Å². The summed E-state index contributed by atoms with van der Waals surface area (Å²) in [6, 6.07) is 3.66. The van der Waals surface area contributed by atoms with E-state index < -0.39 is 0 Å². The van der Waals surface area contributed by atoms with Gasteiger partial charge < -0.3 is 14.9 Å². The van der Waals surface area contributed by atoms with Crippen LogP contribution in [0.15, 0.2) is 12.1 Å². The number of anilines is 2. The summed E-state index contributed by atoms with van der Waals surface area (Å²) in [5, 5.41) is 9.61. The van der Waals surface area contributed by atoms with Crippen molar-refractivity contribution in [2.75, 3.05) is 38.0 Å². The maximum atomic E-state index is 9.61. The Morgan fingerprint density at radius 3 is 2.00 bits per heavy atom. The molecule has 1 rings (SSSR count). The summed E-state index contributed by atoms with van der Waals surface area (Å²) in [6.45, 7) is 1.93. The van der Waals surface area contributed by atoms with Crippen LogP contribution in [0.3, 0.4) is 0 Å². The van der Waals surface area contributed by atoms with E-state index in [2.05, 4.69) is 0 Å². The third-order valence-corrected chi connectivity index (χ3v) is 2.31. The predicted octanol–water partition coefficient (Wildman–Crippen LogP) is 1.83. The zero-order chi connectivity index (χ0) is 10.9. The molecule has 78 valence electrons. The Morgan fingerprint density at radius 1 is 1.00 bits per heavy atom. The van der Waals surface area contributed by atoms with Gasteiger partial charge in [0.25, 0.3) is 0 Å². The van der Waals surface area contributed by atoms with Gasteiger partial charge in [0.15, 0.2) is 0 Å². The fourth-order valence-corrected chi connectivity index (χ4v) is 1.60. The van der Waals surface area contributed by atoms with Crippen molar-refractivity contribution in [3.63, 3.8) is 0 Å². The van der Waals surface area contributed by atoms with Crippen molar-refractivity contribution in [2.45, 2.75) is 6.92 Å². The molecular weight excluding hydrogens is 176 g/mol. The lowest BCUT2D eigenvalue weighted by molar-refractivity contribution is 0.471. The summed E-state index contributed by atoms with van der Waals surface area (Å²) < 4.78 is 0. The minimum absolute atomic E-state index is 0.347. The van der Waals surface area contributed by atoms with Crippen molar-refractivity contribution in [1.82, 2.24) is 0 Å². The van der Waals surface area contributed by atoms with E-state index in [1.165, 1.54) is 0 Å². The molecule has 0 saturated carbocycles. The number of phenols is 1. The molecule has 0 heterocycles. The number of nitrogens with zero attached hydrogens (tertiary/aromatic N) is 2. The van der Waals surface area contributed by atoms with Crippen LogP contribution in [0.2, 0.25) is 0 Å². The van der Waals surface area contributed by atoms with Crippen LogP contribution < -0.4 is 9.80 Å². The SMILES string of the molecule is Cc1c(O)ccc(N(C)C)c1N(C)C. The van der Waals surface area contributed by atoms with Gasteiger partial charge in [-0.2, -0.15) is 0 Å². The molecule has 0 amide bonds. The molecular formula is C11H18N2O. The van der Waals surface area contributed by atoms with Crippen molar-refractivity contribution in [3.05, 3.63) is 17.7 Å². The van der Waals surface area contributed by atoms with Crippen molar-refractivity contribution < 1.29 is 5.11 Å². The highest BCUT2D eigenvalue weighted by atomic mass is 16.3. The van der Waals surface area contributed by atoms with Crippen LogP contribution >= 0.6 is 0 Å². The van der Waals surface area contributed by atoms with Gasteiger partial charge in [0.2, 0.25) is 0 Å². The molecule has 1 aromatic carbocycles. The van der Waals surface area contributed by atoms with Crippen LogP contribution in [-0.4, -0.2) is 33.3 Å². The summed E-state index contributed by atoms with van der Waals surface area (Å²) >= 11 is 0. The number of aromatic hydroxyl groups is 1. The average molecular weight is 194 g/mol. The molecule has 3 heteroatoms. The topological polar surface area (TPSA) is 26.7 Å². The number of benzene rings is 1. The molecule has 1 N–H and O–H groups in total. The normalized spacial score (nSPS) is 10.1. The monoisotopic (exact) mass is 194 g/mol. The van der Waals surface area contributed by atoms with Gasteiger partial charge in [-0.3, -0.25) is 0 Å². The largest absolute Gasteiger partial charge is 0.508 e. The second-order valence-electron chi connectivity index (χ2n) is 3.87. The van der Waals surface area contributed by atoms with Crippen LogP contribution in [0.1, 0.15) is 5.56 Å². The van der Waals surface area contributed by atoms with Crippen molar-refractivity contribution in [1.29, 1.82) is 0 Å². The lowest BCUT2D eigenvalue weighted by atomic mass is 10.1. The van der Waals surface area contributed by atoms with Gasteiger partial charge in [-0.05, 0) is 19.1 Å². The Balaban J connectivity index is 3.38. The second kappa shape index (κ2) is 3.78. The van der Waals surface area contributed by atoms with Crippen molar-refractivity contribution in [3.8, 4) is 5.75 Å². The molecule has 0 fully saturated rings. The van der Waals surface area contributed by atoms with E-state index in [9.17, 15) is 5.11 Å². The van der Waals surface area contributed by atoms with Crippen LogP contribution in [0, 0.1) is 6.92 Å². The molecule has 0 saturated heterocycles. The first-order valence-electron chi connectivity index (χ1n) is 4.62. The fraction of sp³-hybridized carbons (Fsp3) is 0.455. The van der Waals surface area contributed by atoms with E-state index in [0.29, 0.717) is 5.75 Å². The van der Waals surface area contributed by atoms with Crippen LogP contribution in [0.5, 0.6) is 5.75 Å². The zero-order valence-corrected chi connectivity index (χ0v) is 9.50. The molecule has 0 radical (unpaired) electrons. The molecule has 0 spiro atoms. The number of hydrogen-bond acceptors (Lipinski definition) is 3. The maximum absolute atomic E-state index is 9.61. The summed E-state index contributed by atoms with van der Waals surface area (Å²) in [7, 11) is 7.96. The smallest absolute Gasteiger partial charge is 0.120 e. The molecule has 0 aliphatic rings. The highest BCUT2D eigenvalue weighted by Gasteiger charge is 2.12. The highest BCUT2D eigenvalue weighted by molar-refractivity contribution is 5.76. The Morgan fingerprint density at radius 2 is 1.57 bits per heavy atom. The molecule has 3 nitrogen and oxygen atoms in total. The van der Waals surface area contributed by atoms with Gasteiger partial charge in [0, 0.05) is 33.8 Å². The number of hydrogen-bond donors (Lipinski definition) is 1. The third-order valence-electron chi connectivity index (χ3n) is 2.31. The second-order valence-corrected chi connectivity index (χ2v) is 3.87. The first-order chi connectivity index (χ1) is 6.45. The first-order valence-corrected chi connectivity index (χ1v) is 4.62. The molecule has 0 aromatic heterocycles. The molecule has 1 aromatic rings. The van der Waals surface area contributed by atoms with Gasteiger partial charge in [-0.15, -0.1) is 0 Å². The molecule has 14 heavy (non-hydrogen) atoms. The average Bonchev–Trinajstić information content (AvgIpc) is 2.08. The zero-order valence-electron chi connectivity index (χ0n) is 9.50. The molecule has 0 unspecified atom stereocenters. The fourth-order valence-electron chi connectivity index (χ4n) is 1.60. The Hall–Kier alpha value is -1.38. The summed E-state index contributed by atoms with van der Waals surface area (Å²) in [6.07, 6.45) is 0. The molecule has 0 aliphatic heterocycles. The van der Waals surface area contributed by atoms with E-state index in [1.54, 1.807) is 6.07 Å². The van der Waals surface area contributed by atoms with Gasteiger partial charge >= 0.3 is 0 Å². The van der Waals surface area contributed by atoms with E-state index in [0.717, 1.165) is 16.9 Å². The van der Waals surface area contributed by atoms with Gasteiger partial charge in [0.05, 0.1) is 11.4 Å². The quantitative estimate of drug-likeness (QED) is 0.778. The van der Waals surface area contributed by atoms with Crippen molar-refractivity contribution >= 4 is 11.4 Å². The lowest BCUT2D eigenvalue weighted by Crippen LogP contribution is -2.17. The summed E-state index contributed by atoms with van der Waals surface area (Å²) in [4.78, 5) is 4.06. The Kier molecular flexibility index (Phi) is 2.89. The summed E-state index contributed by atoms with van der Waals surface area (Å²) in [5.74, 6) is 0.347. The van der Waals surface area contributed by atoms with Crippen LogP contribution in [-0.2, 0) is 0 Å². The van der Waals surface area contributed by atoms with Gasteiger partial charge in [-0.1, -0.05) is 0 Å². The lowest BCUT2D eigenvalue weighted by Gasteiger charge is -2.24. The van der Waals surface area contributed by atoms with Gasteiger partial charge in [-0.25, -0.2) is 0 Å². The van der Waals surface area contributed by atoms with Crippen LogP contribution in [0.4, 0.5) is 11.4 Å². The number of phenolic OH excluding ortho intramolecular Hbond substituents is 1. The highest BCUT2D eigenvalue weighted by Crippen LogP contribution is 2.35. The van der Waals surface area contributed by atoms with Gasteiger partial charge in [0.1, 0.15) is 5.75 Å². The number of rotatable bonds is 2. The molecule has 0 atom stereocenters. The molecule has 0 bridgehead atoms. The standard InChI is InChI=1S/C11H18N2O/c1-8-10(14)7-6-9(12(2)3)11(8)13(4)5/h6-7,14H,1-5H3. The summed E-state index contributed by atoms with van der Waals surface area (Å²) in [5.41, 5.74) is 3.10. The van der Waals surface area contributed by atoms with Crippen LogP contribution in [0.25, 0.3) is 0 Å². The van der Waals surface area contributed by atoms with Crippen molar-refractivity contribution in [2.24, 2.45) is 0 Å². The maximum Gasteiger partial charge on any atom is 0.120 e. The third kappa shape index (κ3) is 1.76. The molecule has 0 aliphatic carbocycles. The van der Waals surface area contributed by atoms with E-state index in [4.69, 9.17) is 0 Å². The van der Waals surface area contributed by atoms with E-state index in [-0.39, 0.29) is 0 Å². The predicted molar refractivity (Wildman–Crippen MR) is 61.5 cm³/mol.